The summed E-state index contributed by atoms with van der Waals surface area (Å²) in [5, 5.41) is 7.04. The van der Waals surface area contributed by atoms with Gasteiger partial charge in [-0.1, -0.05) is 0 Å². The predicted octanol–water partition coefficient (Wildman–Crippen LogP) is 1.31. The third-order valence-electron chi connectivity index (χ3n) is 2.13. The number of ether oxygens (including phenoxy) is 1. The molecular formula is C11H15N3O2. The topological polar surface area (TPSA) is 52.2 Å². The molecule has 5 heteroatoms. The van der Waals surface area contributed by atoms with Gasteiger partial charge in [-0.2, -0.15) is 5.10 Å². The summed E-state index contributed by atoms with van der Waals surface area (Å²) < 4.78 is 12.7. The third kappa shape index (κ3) is 2.64. The molecule has 2 aromatic rings. The Morgan fingerprint density at radius 1 is 1.44 bits per heavy atom. The maximum atomic E-state index is 5.54. The van der Waals surface area contributed by atoms with Crippen LogP contribution >= 0.6 is 0 Å². The van der Waals surface area contributed by atoms with Crippen molar-refractivity contribution in [1.82, 2.24) is 15.1 Å². The molecule has 0 spiro atoms. The van der Waals surface area contributed by atoms with E-state index in [1.165, 1.54) is 0 Å². The lowest BCUT2D eigenvalue weighted by Crippen LogP contribution is -2.03. The molecule has 0 radical (unpaired) electrons. The molecule has 2 heterocycles. The van der Waals surface area contributed by atoms with Crippen molar-refractivity contribution >= 4 is 0 Å². The third-order valence-corrected chi connectivity index (χ3v) is 2.13. The van der Waals surface area contributed by atoms with E-state index in [4.69, 9.17) is 9.15 Å². The smallest absolute Gasteiger partial charge is 0.157 e. The Bertz CT molecular complexity index is 448. The summed E-state index contributed by atoms with van der Waals surface area (Å²) in [5.41, 5.74) is 0. The van der Waals surface area contributed by atoms with E-state index >= 15 is 0 Å². The molecule has 2 aromatic heterocycles. The molecule has 0 amide bonds. The van der Waals surface area contributed by atoms with Crippen LogP contribution in [0.3, 0.4) is 0 Å². The second-order valence-corrected chi connectivity index (χ2v) is 3.54. The van der Waals surface area contributed by atoms with Crippen molar-refractivity contribution in [3.05, 3.63) is 36.0 Å². The molecule has 0 saturated carbocycles. The molecule has 0 aliphatic rings. The fourth-order valence-corrected chi connectivity index (χ4v) is 1.40. The van der Waals surface area contributed by atoms with Gasteiger partial charge >= 0.3 is 0 Å². The molecule has 2 rings (SSSR count). The van der Waals surface area contributed by atoms with Gasteiger partial charge in [0.25, 0.3) is 0 Å². The molecule has 0 atom stereocenters. The SMILES string of the molecule is CNCc1ccc(COc2cnn(C)c2)o1. The van der Waals surface area contributed by atoms with E-state index in [9.17, 15) is 0 Å². The number of rotatable bonds is 5. The molecule has 0 bridgehead atoms. The first-order chi connectivity index (χ1) is 7.78. The van der Waals surface area contributed by atoms with Crippen molar-refractivity contribution in [2.45, 2.75) is 13.2 Å². The Kier molecular flexibility index (Phi) is 3.26. The number of aromatic nitrogens is 2. The zero-order valence-electron chi connectivity index (χ0n) is 9.43. The maximum absolute atomic E-state index is 5.54. The van der Waals surface area contributed by atoms with Crippen molar-refractivity contribution in [3.8, 4) is 5.75 Å². The van der Waals surface area contributed by atoms with Gasteiger partial charge in [0.15, 0.2) is 5.75 Å². The number of furan rings is 1. The number of hydrogen-bond donors (Lipinski definition) is 1. The first kappa shape index (κ1) is 10.8. The summed E-state index contributed by atoms with van der Waals surface area (Å²) in [7, 11) is 3.74. The molecule has 1 N–H and O–H groups in total. The largest absolute Gasteiger partial charge is 0.482 e. The quantitative estimate of drug-likeness (QED) is 0.827. The van der Waals surface area contributed by atoms with Gasteiger partial charge in [-0.3, -0.25) is 4.68 Å². The van der Waals surface area contributed by atoms with E-state index < -0.39 is 0 Å². The van der Waals surface area contributed by atoms with Crippen LogP contribution in [0.5, 0.6) is 5.75 Å². The average molecular weight is 221 g/mol. The first-order valence-corrected chi connectivity index (χ1v) is 5.11. The highest BCUT2D eigenvalue weighted by Crippen LogP contribution is 2.13. The Morgan fingerprint density at radius 3 is 2.94 bits per heavy atom. The van der Waals surface area contributed by atoms with Crippen LogP contribution in [0.4, 0.5) is 0 Å². The van der Waals surface area contributed by atoms with E-state index in [2.05, 4.69) is 10.4 Å². The summed E-state index contributed by atoms with van der Waals surface area (Å²) in [6.07, 6.45) is 3.49. The molecule has 0 aliphatic carbocycles. The normalized spacial score (nSPS) is 10.6. The second kappa shape index (κ2) is 4.85. The van der Waals surface area contributed by atoms with Gasteiger partial charge in [0, 0.05) is 7.05 Å². The lowest BCUT2D eigenvalue weighted by molar-refractivity contribution is 0.265. The summed E-state index contributed by atoms with van der Waals surface area (Å²) >= 11 is 0. The zero-order valence-corrected chi connectivity index (χ0v) is 9.43. The van der Waals surface area contributed by atoms with Crippen LogP contribution in [0.2, 0.25) is 0 Å². The van der Waals surface area contributed by atoms with Gasteiger partial charge in [0.2, 0.25) is 0 Å². The van der Waals surface area contributed by atoms with E-state index in [0.29, 0.717) is 6.61 Å². The van der Waals surface area contributed by atoms with Gasteiger partial charge in [0.1, 0.15) is 18.1 Å². The molecule has 0 unspecified atom stereocenters. The Hall–Kier alpha value is -1.75. The summed E-state index contributed by atoms with van der Waals surface area (Å²) in [5.74, 6) is 2.47. The van der Waals surface area contributed by atoms with Crippen LogP contribution in [0.15, 0.2) is 28.9 Å². The van der Waals surface area contributed by atoms with Gasteiger partial charge in [0.05, 0.1) is 18.9 Å². The average Bonchev–Trinajstić information content (AvgIpc) is 2.85. The lowest BCUT2D eigenvalue weighted by atomic mass is 10.4. The monoisotopic (exact) mass is 221 g/mol. The van der Waals surface area contributed by atoms with E-state index in [1.54, 1.807) is 10.9 Å². The van der Waals surface area contributed by atoms with Crippen LogP contribution in [0.1, 0.15) is 11.5 Å². The minimum Gasteiger partial charge on any atom is -0.482 e. The van der Waals surface area contributed by atoms with Gasteiger partial charge in [-0.25, -0.2) is 0 Å². The van der Waals surface area contributed by atoms with Crippen LogP contribution in [-0.2, 0) is 20.2 Å². The molecule has 0 aromatic carbocycles. The summed E-state index contributed by atoms with van der Waals surface area (Å²) in [6, 6.07) is 3.86. The maximum Gasteiger partial charge on any atom is 0.157 e. The summed E-state index contributed by atoms with van der Waals surface area (Å²) in [6.45, 7) is 1.16. The molecular weight excluding hydrogens is 206 g/mol. The molecule has 86 valence electrons. The summed E-state index contributed by atoms with van der Waals surface area (Å²) in [4.78, 5) is 0. The highest BCUT2D eigenvalue weighted by atomic mass is 16.5. The Labute approximate surface area is 94.0 Å². The number of hydrogen-bond acceptors (Lipinski definition) is 4. The predicted molar refractivity (Wildman–Crippen MR) is 59.0 cm³/mol. The fourth-order valence-electron chi connectivity index (χ4n) is 1.40. The molecule has 16 heavy (non-hydrogen) atoms. The van der Waals surface area contributed by atoms with Crippen molar-refractivity contribution < 1.29 is 9.15 Å². The van der Waals surface area contributed by atoms with Crippen molar-refractivity contribution in [3.63, 3.8) is 0 Å². The van der Waals surface area contributed by atoms with Gasteiger partial charge < -0.3 is 14.5 Å². The second-order valence-electron chi connectivity index (χ2n) is 3.54. The van der Waals surface area contributed by atoms with Crippen molar-refractivity contribution in [1.29, 1.82) is 0 Å². The van der Waals surface area contributed by atoms with Crippen molar-refractivity contribution in [2.75, 3.05) is 7.05 Å². The number of aryl methyl sites for hydroxylation is 1. The zero-order chi connectivity index (χ0) is 11.4. The molecule has 0 fully saturated rings. The Morgan fingerprint density at radius 2 is 2.25 bits per heavy atom. The van der Waals surface area contributed by atoms with Crippen molar-refractivity contribution in [2.24, 2.45) is 7.05 Å². The minimum absolute atomic E-state index is 0.426. The molecule has 0 aliphatic heterocycles. The minimum atomic E-state index is 0.426. The van der Waals surface area contributed by atoms with Gasteiger partial charge in [-0.05, 0) is 19.2 Å². The fraction of sp³-hybridized carbons (Fsp3) is 0.364. The van der Waals surface area contributed by atoms with E-state index in [1.807, 2.05) is 32.4 Å². The number of nitrogens with zero attached hydrogens (tertiary/aromatic N) is 2. The van der Waals surface area contributed by atoms with E-state index in [0.717, 1.165) is 23.8 Å². The van der Waals surface area contributed by atoms with Crippen LogP contribution in [-0.4, -0.2) is 16.8 Å². The van der Waals surface area contributed by atoms with Crippen LogP contribution in [0.25, 0.3) is 0 Å². The standard InChI is InChI=1S/C11H15N3O2/c1-12-5-9-3-4-10(16-9)8-15-11-6-13-14(2)7-11/h3-4,6-7,12H,5,8H2,1-2H3. The Balaban J connectivity index is 1.89. The highest BCUT2D eigenvalue weighted by molar-refractivity contribution is 5.13. The molecule has 5 nitrogen and oxygen atoms in total. The number of nitrogens with one attached hydrogen (secondary N) is 1. The molecule has 0 saturated heterocycles. The lowest BCUT2D eigenvalue weighted by Gasteiger charge is -1.99. The highest BCUT2D eigenvalue weighted by Gasteiger charge is 2.03. The van der Waals surface area contributed by atoms with Crippen LogP contribution < -0.4 is 10.1 Å². The van der Waals surface area contributed by atoms with Gasteiger partial charge in [-0.15, -0.1) is 0 Å². The van der Waals surface area contributed by atoms with Crippen LogP contribution in [0, 0.1) is 0 Å². The van der Waals surface area contributed by atoms with E-state index in [-0.39, 0.29) is 0 Å². The first-order valence-electron chi connectivity index (χ1n) is 5.11.